The molecule has 0 amide bonds. The second kappa shape index (κ2) is 17.0. The van der Waals surface area contributed by atoms with Gasteiger partial charge in [-0.05, 0) is 50.1 Å². The molecule has 0 saturated heterocycles. The monoisotopic (exact) mass is 624 g/mol. The first-order valence-corrected chi connectivity index (χ1v) is 16.8. The van der Waals surface area contributed by atoms with E-state index >= 15 is 0 Å². The molecule has 0 aromatic heterocycles. The molecule has 0 spiro atoms. The summed E-state index contributed by atoms with van der Waals surface area (Å²) in [6.07, 6.45) is 6.31. The Morgan fingerprint density at radius 1 is 0.312 bits per heavy atom. The fourth-order valence-electron chi connectivity index (χ4n) is 6.05. The molecule has 0 aliphatic rings. The number of benzene rings is 6. The van der Waals surface area contributed by atoms with Crippen LogP contribution in [-0.2, 0) is 39.3 Å². The van der Waals surface area contributed by atoms with E-state index in [1.54, 1.807) is 0 Å². The summed E-state index contributed by atoms with van der Waals surface area (Å²) < 4.78 is 0. The van der Waals surface area contributed by atoms with Gasteiger partial charge in [-0.25, -0.2) is 0 Å². The van der Waals surface area contributed by atoms with E-state index in [0.29, 0.717) is 0 Å². The van der Waals surface area contributed by atoms with E-state index in [0.717, 1.165) is 44.8 Å². The highest BCUT2D eigenvalue weighted by Crippen LogP contribution is 2.19. The third kappa shape index (κ3) is 10.1. The van der Waals surface area contributed by atoms with Crippen molar-refractivity contribution in [1.29, 1.82) is 0 Å². The fourth-order valence-corrected chi connectivity index (χ4v) is 6.05. The Morgan fingerprint density at radius 2 is 0.562 bits per heavy atom. The minimum atomic E-state index is 0.884. The second-order valence-electron chi connectivity index (χ2n) is 12.5. The molecule has 6 aromatic carbocycles. The van der Waals surface area contributed by atoms with E-state index in [1.807, 2.05) is 6.08 Å². The van der Waals surface area contributed by atoms with Gasteiger partial charge in [0.1, 0.15) is 0 Å². The van der Waals surface area contributed by atoms with Gasteiger partial charge in [0, 0.05) is 39.3 Å². The van der Waals surface area contributed by atoms with Crippen LogP contribution in [0.4, 0.5) is 0 Å². The van der Waals surface area contributed by atoms with Crippen molar-refractivity contribution in [3.8, 4) is 0 Å². The highest BCUT2D eigenvalue weighted by atomic mass is 15.1. The molecule has 0 atom stereocenters. The van der Waals surface area contributed by atoms with Crippen molar-refractivity contribution >= 4 is 18.2 Å². The Labute approximate surface area is 287 Å². The average molecular weight is 625 g/mol. The van der Waals surface area contributed by atoms with E-state index in [2.05, 4.69) is 192 Å². The molecule has 0 aliphatic heterocycles. The number of rotatable bonds is 15. The topological polar surface area (TPSA) is 6.48 Å². The van der Waals surface area contributed by atoms with Gasteiger partial charge >= 0.3 is 0 Å². The van der Waals surface area contributed by atoms with Crippen molar-refractivity contribution in [2.75, 3.05) is 0 Å². The smallest absolute Gasteiger partial charge is 0.0240 e. The SMILES string of the molecule is C=Cc1ccc(CN(Cc2ccccc2)Cc2ccc(C=Cc3ccc(CN(Cc4ccccc4)Cc4ccccc4)cc3)cc2)cc1. The summed E-state index contributed by atoms with van der Waals surface area (Å²) in [5, 5.41) is 0. The van der Waals surface area contributed by atoms with Crippen LogP contribution < -0.4 is 0 Å². The van der Waals surface area contributed by atoms with Crippen LogP contribution in [0.5, 0.6) is 0 Å². The van der Waals surface area contributed by atoms with Crippen molar-refractivity contribution in [3.05, 3.63) is 220 Å². The minimum absolute atomic E-state index is 0.884. The summed E-state index contributed by atoms with van der Waals surface area (Å²) in [4.78, 5) is 5.02. The van der Waals surface area contributed by atoms with Gasteiger partial charge in [-0.2, -0.15) is 0 Å². The Bertz CT molecular complexity index is 1800. The summed E-state index contributed by atoms with van der Waals surface area (Å²) in [6, 6.07) is 58.9. The fraction of sp³-hybridized carbons (Fsp3) is 0.130. The number of hydrogen-bond acceptors (Lipinski definition) is 2. The summed E-state index contributed by atoms with van der Waals surface area (Å²) in [7, 11) is 0. The van der Waals surface area contributed by atoms with Crippen LogP contribution in [0.1, 0.15) is 50.1 Å². The third-order valence-electron chi connectivity index (χ3n) is 8.61. The molecule has 0 radical (unpaired) electrons. The zero-order valence-electron chi connectivity index (χ0n) is 27.7. The lowest BCUT2D eigenvalue weighted by Gasteiger charge is -2.23. The molecule has 0 unspecified atom stereocenters. The van der Waals surface area contributed by atoms with Gasteiger partial charge in [0.05, 0.1) is 0 Å². The molecule has 48 heavy (non-hydrogen) atoms. The molecule has 6 rings (SSSR count). The molecule has 2 heteroatoms. The Kier molecular flexibility index (Phi) is 11.6. The van der Waals surface area contributed by atoms with Crippen LogP contribution in [0.25, 0.3) is 18.2 Å². The van der Waals surface area contributed by atoms with Crippen molar-refractivity contribution in [1.82, 2.24) is 9.80 Å². The molecule has 0 aliphatic carbocycles. The maximum Gasteiger partial charge on any atom is 0.0240 e. The van der Waals surface area contributed by atoms with Crippen LogP contribution in [0.2, 0.25) is 0 Å². The first-order valence-electron chi connectivity index (χ1n) is 16.8. The van der Waals surface area contributed by atoms with Crippen molar-refractivity contribution < 1.29 is 0 Å². The van der Waals surface area contributed by atoms with Gasteiger partial charge in [-0.1, -0.05) is 189 Å². The van der Waals surface area contributed by atoms with Crippen LogP contribution in [0, 0.1) is 0 Å². The number of hydrogen-bond donors (Lipinski definition) is 0. The molecule has 2 nitrogen and oxygen atoms in total. The van der Waals surface area contributed by atoms with E-state index in [-0.39, 0.29) is 0 Å². The minimum Gasteiger partial charge on any atom is -0.291 e. The van der Waals surface area contributed by atoms with E-state index in [9.17, 15) is 0 Å². The van der Waals surface area contributed by atoms with Crippen LogP contribution >= 0.6 is 0 Å². The van der Waals surface area contributed by atoms with Crippen LogP contribution in [-0.4, -0.2) is 9.80 Å². The Morgan fingerprint density at radius 3 is 0.833 bits per heavy atom. The summed E-state index contributed by atoms with van der Waals surface area (Å²) in [6.45, 7) is 9.30. The standard InChI is InChI=1S/C46H44N2/c1-2-38-18-26-44(27-19-38)35-48(34-43-16-10-5-11-17-43)37-46-30-24-40(25-31-46)21-20-39-22-28-45(29-23-39)36-47(32-41-12-6-3-7-13-41)33-42-14-8-4-9-15-42/h2-31H,1,32-37H2. The molecule has 0 bridgehead atoms. The van der Waals surface area contributed by atoms with Gasteiger partial charge in [0.25, 0.3) is 0 Å². The summed E-state index contributed by atoms with van der Waals surface area (Å²) in [5.41, 5.74) is 11.5. The Balaban J connectivity index is 1.08. The molecule has 0 N–H and O–H groups in total. The highest BCUT2D eigenvalue weighted by molar-refractivity contribution is 5.69. The molecule has 238 valence electrons. The lowest BCUT2D eigenvalue weighted by Crippen LogP contribution is -2.22. The highest BCUT2D eigenvalue weighted by Gasteiger charge is 2.10. The molecule has 0 heterocycles. The normalized spacial score (nSPS) is 11.4. The zero-order valence-corrected chi connectivity index (χ0v) is 27.7. The van der Waals surface area contributed by atoms with Crippen molar-refractivity contribution in [2.24, 2.45) is 0 Å². The van der Waals surface area contributed by atoms with E-state index in [1.165, 1.54) is 44.5 Å². The average Bonchev–Trinajstić information content (AvgIpc) is 3.13. The van der Waals surface area contributed by atoms with Crippen molar-refractivity contribution in [2.45, 2.75) is 39.3 Å². The molecule has 0 fully saturated rings. The summed E-state index contributed by atoms with van der Waals surface area (Å²) >= 11 is 0. The van der Waals surface area contributed by atoms with Crippen LogP contribution in [0.15, 0.2) is 170 Å². The molecular formula is C46H44N2. The lowest BCUT2D eigenvalue weighted by molar-refractivity contribution is 0.247. The van der Waals surface area contributed by atoms with Gasteiger partial charge < -0.3 is 0 Å². The Hall–Kier alpha value is -5.28. The van der Waals surface area contributed by atoms with Gasteiger partial charge in [-0.15, -0.1) is 0 Å². The largest absolute Gasteiger partial charge is 0.291 e. The van der Waals surface area contributed by atoms with E-state index in [4.69, 9.17) is 0 Å². The first-order chi connectivity index (χ1) is 23.7. The maximum absolute atomic E-state index is 3.89. The quantitative estimate of drug-likeness (QED) is 0.105. The predicted octanol–water partition coefficient (Wildman–Crippen LogP) is 10.9. The van der Waals surface area contributed by atoms with E-state index < -0.39 is 0 Å². The van der Waals surface area contributed by atoms with Gasteiger partial charge in [0.2, 0.25) is 0 Å². The second-order valence-corrected chi connectivity index (χ2v) is 12.5. The molecule has 6 aromatic rings. The lowest BCUT2D eigenvalue weighted by atomic mass is 10.1. The van der Waals surface area contributed by atoms with Gasteiger partial charge in [0.15, 0.2) is 0 Å². The maximum atomic E-state index is 3.89. The zero-order chi connectivity index (χ0) is 32.8. The number of nitrogens with zero attached hydrogens (tertiary/aromatic N) is 2. The van der Waals surface area contributed by atoms with Crippen LogP contribution in [0.3, 0.4) is 0 Å². The molecule has 0 saturated carbocycles. The van der Waals surface area contributed by atoms with Gasteiger partial charge in [-0.3, -0.25) is 9.80 Å². The third-order valence-corrected chi connectivity index (χ3v) is 8.61. The first kappa shape index (κ1) is 32.7. The van der Waals surface area contributed by atoms with Crippen molar-refractivity contribution in [3.63, 3.8) is 0 Å². The predicted molar refractivity (Wildman–Crippen MR) is 204 cm³/mol. The molecular weight excluding hydrogens is 581 g/mol. The summed E-state index contributed by atoms with van der Waals surface area (Å²) in [5.74, 6) is 0.